The predicted molar refractivity (Wildman–Crippen MR) is 125 cm³/mol. The van der Waals surface area contributed by atoms with Gasteiger partial charge in [0.2, 0.25) is 5.91 Å². The molecule has 8 heteroatoms. The lowest BCUT2D eigenvalue weighted by Gasteiger charge is -2.27. The molecule has 1 saturated heterocycles. The van der Waals surface area contributed by atoms with Crippen molar-refractivity contribution in [2.45, 2.75) is 25.5 Å². The van der Waals surface area contributed by atoms with Gasteiger partial charge in [0.15, 0.2) is 11.5 Å². The molecular weight excluding hydrogens is 436 g/mol. The van der Waals surface area contributed by atoms with Crippen molar-refractivity contribution < 1.29 is 28.6 Å². The van der Waals surface area contributed by atoms with Crippen LogP contribution in [0.15, 0.2) is 55.1 Å². The number of rotatable bonds is 10. The van der Waals surface area contributed by atoms with E-state index in [0.717, 1.165) is 23.3 Å². The molecular formula is C26H28N2O6. The van der Waals surface area contributed by atoms with Crippen molar-refractivity contribution >= 4 is 17.7 Å². The third-order valence-electron chi connectivity index (χ3n) is 5.93. The molecule has 0 bridgehead atoms. The molecule has 2 aliphatic heterocycles. The van der Waals surface area contributed by atoms with E-state index in [1.165, 1.54) is 0 Å². The van der Waals surface area contributed by atoms with Crippen molar-refractivity contribution in [2.24, 2.45) is 0 Å². The molecule has 0 saturated carbocycles. The Balaban J connectivity index is 1.52. The smallest absolute Gasteiger partial charge is 0.262 e. The summed E-state index contributed by atoms with van der Waals surface area (Å²) in [5.41, 5.74) is 1.48. The molecule has 2 aromatic carbocycles. The number of methoxy groups -OCH3 is 1. The highest BCUT2D eigenvalue weighted by Crippen LogP contribution is 2.29. The van der Waals surface area contributed by atoms with Crippen LogP contribution in [0.4, 0.5) is 0 Å². The zero-order chi connectivity index (χ0) is 24.1. The number of imide groups is 1. The molecule has 2 heterocycles. The van der Waals surface area contributed by atoms with Gasteiger partial charge in [-0.15, -0.1) is 0 Å². The molecule has 3 amide bonds. The third-order valence-corrected chi connectivity index (χ3v) is 5.93. The minimum Gasteiger partial charge on any atom is -0.493 e. The number of amides is 3. The summed E-state index contributed by atoms with van der Waals surface area (Å²) in [4.78, 5) is 41.5. The molecule has 0 N–H and O–H groups in total. The van der Waals surface area contributed by atoms with Gasteiger partial charge in [-0.3, -0.25) is 19.3 Å². The normalized spacial score (nSPS) is 17.0. The monoisotopic (exact) mass is 464 g/mol. The highest BCUT2D eigenvalue weighted by atomic mass is 16.5. The summed E-state index contributed by atoms with van der Waals surface area (Å²) >= 11 is 0. The topological polar surface area (TPSA) is 85.4 Å². The zero-order valence-electron chi connectivity index (χ0n) is 19.2. The molecule has 34 heavy (non-hydrogen) atoms. The van der Waals surface area contributed by atoms with Crippen LogP contribution in [0.1, 0.15) is 39.1 Å². The number of nitrogens with zero attached hydrogens (tertiary/aromatic N) is 2. The summed E-state index contributed by atoms with van der Waals surface area (Å²) in [6.45, 7) is 4.99. The molecule has 2 aromatic rings. The molecule has 8 nitrogen and oxygen atoms in total. The Bertz CT molecular complexity index is 1060. The molecule has 4 rings (SSSR count). The maximum Gasteiger partial charge on any atom is 0.262 e. The van der Waals surface area contributed by atoms with Gasteiger partial charge in [0, 0.05) is 19.7 Å². The van der Waals surface area contributed by atoms with Crippen LogP contribution < -0.4 is 9.47 Å². The van der Waals surface area contributed by atoms with E-state index < -0.39 is 11.8 Å². The van der Waals surface area contributed by atoms with Crippen LogP contribution in [0.3, 0.4) is 0 Å². The molecule has 2 aliphatic rings. The predicted octanol–water partition coefficient (Wildman–Crippen LogP) is 3.06. The molecule has 0 unspecified atom stereocenters. The first-order valence-corrected chi connectivity index (χ1v) is 11.3. The first-order chi connectivity index (χ1) is 16.5. The summed E-state index contributed by atoms with van der Waals surface area (Å²) < 4.78 is 16.8. The average Bonchev–Trinajstić information content (AvgIpc) is 3.45. The van der Waals surface area contributed by atoms with E-state index in [9.17, 15) is 14.4 Å². The SMILES string of the molecule is C=CCOc1ccc(CN(C[C@H]2CCCO2)C(=O)CN2C(=O)c3ccccc3C2=O)cc1OC. The molecule has 178 valence electrons. The lowest BCUT2D eigenvalue weighted by Crippen LogP contribution is -2.44. The van der Waals surface area contributed by atoms with Gasteiger partial charge in [0.05, 0.1) is 24.3 Å². The second-order valence-corrected chi connectivity index (χ2v) is 8.24. The number of fused-ring (bicyclic) bond motifs is 1. The van der Waals surface area contributed by atoms with Gasteiger partial charge >= 0.3 is 0 Å². The van der Waals surface area contributed by atoms with Gasteiger partial charge in [0.1, 0.15) is 13.2 Å². The minimum absolute atomic E-state index is 0.0804. The van der Waals surface area contributed by atoms with E-state index in [-0.39, 0.29) is 25.1 Å². The van der Waals surface area contributed by atoms with Crippen LogP contribution in [0.5, 0.6) is 11.5 Å². The maximum absolute atomic E-state index is 13.4. The van der Waals surface area contributed by atoms with Crippen LogP contribution in [0.25, 0.3) is 0 Å². The molecule has 0 aliphatic carbocycles. The van der Waals surface area contributed by atoms with E-state index in [1.807, 2.05) is 12.1 Å². The average molecular weight is 465 g/mol. The Labute approximate surface area is 198 Å². The lowest BCUT2D eigenvalue weighted by atomic mass is 10.1. The summed E-state index contributed by atoms with van der Waals surface area (Å²) in [6.07, 6.45) is 3.36. The Morgan fingerprint density at radius 1 is 1.18 bits per heavy atom. The second-order valence-electron chi connectivity index (χ2n) is 8.24. The molecule has 0 aromatic heterocycles. The number of hydrogen-bond acceptors (Lipinski definition) is 6. The number of ether oxygens (including phenoxy) is 3. The molecule has 1 atom stereocenters. The van der Waals surface area contributed by atoms with Crippen LogP contribution in [-0.4, -0.2) is 67.0 Å². The third kappa shape index (κ3) is 4.97. The first-order valence-electron chi connectivity index (χ1n) is 11.3. The van der Waals surface area contributed by atoms with Crippen molar-refractivity contribution in [3.8, 4) is 11.5 Å². The molecule has 0 spiro atoms. The highest BCUT2D eigenvalue weighted by molar-refractivity contribution is 6.22. The van der Waals surface area contributed by atoms with Crippen LogP contribution >= 0.6 is 0 Å². The Kier molecular flexibility index (Phi) is 7.27. The Morgan fingerprint density at radius 3 is 2.53 bits per heavy atom. The summed E-state index contributed by atoms with van der Waals surface area (Å²) in [7, 11) is 1.55. The lowest BCUT2D eigenvalue weighted by molar-refractivity contribution is -0.133. The van der Waals surface area contributed by atoms with E-state index >= 15 is 0 Å². The van der Waals surface area contributed by atoms with E-state index in [4.69, 9.17) is 14.2 Å². The number of carbonyl (C=O) groups excluding carboxylic acids is 3. The zero-order valence-corrected chi connectivity index (χ0v) is 19.2. The summed E-state index contributed by atoms with van der Waals surface area (Å²) in [5, 5.41) is 0. The van der Waals surface area contributed by atoms with E-state index in [2.05, 4.69) is 6.58 Å². The van der Waals surface area contributed by atoms with Gasteiger partial charge in [0.25, 0.3) is 11.8 Å². The van der Waals surface area contributed by atoms with Crippen molar-refractivity contribution in [3.63, 3.8) is 0 Å². The number of benzene rings is 2. The van der Waals surface area contributed by atoms with Crippen molar-refractivity contribution in [3.05, 3.63) is 71.8 Å². The van der Waals surface area contributed by atoms with Crippen LogP contribution in [0.2, 0.25) is 0 Å². The number of hydrogen-bond donors (Lipinski definition) is 0. The Hall–Kier alpha value is -3.65. The second kappa shape index (κ2) is 10.5. The first kappa shape index (κ1) is 23.5. The van der Waals surface area contributed by atoms with Gasteiger partial charge in [-0.2, -0.15) is 0 Å². The van der Waals surface area contributed by atoms with Crippen molar-refractivity contribution in [1.29, 1.82) is 0 Å². The highest BCUT2D eigenvalue weighted by Gasteiger charge is 2.37. The van der Waals surface area contributed by atoms with Gasteiger partial charge in [-0.25, -0.2) is 0 Å². The van der Waals surface area contributed by atoms with E-state index in [0.29, 0.717) is 42.4 Å². The molecule has 1 fully saturated rings. The largest absolute Gasteiger partial charge is 0.493 e. The molecule has 0 radical (unpaired) electrons. The standard InChI is InChI=1S/C26H28N2O6/c1-3-12-34-22-11-10-18(14-23(22)32-2)15-27(16-19-7-6-13-33-19)24(29)17-28-25(30)20-8-4-5-9-21(20)26(28)31/h3-5,8-11,14,19H,1,6-7,12-13,15-17H2,2H3/t19-/m1/s1. The summed E-state index contributed by atoms with van der Waals surface area (Å²) in [5.74, 6) is -0.0952. The van der Waals surface area contributed by atoms with Gasteiger partial charge in [-0.05, 0) is 42.7 Å². The quantitative estimate of drug-likeness (QED) is 0.397. The fraction of sp³-hybridized carbons (Fsp3) is 0.346. The van der Waals surface area contributed by atoms with Gasteiger partial charge in [-0.1, -0.05) is 30.9 Å². The van der Waals surface area contributed by atoms with Crippen LogP contribution in [-0.2, 0) is 16.1 Å². The van der Waals surface area contributed by atoms with Crippen molar-refractivity contribution in [2.75, 3.05) is 33.4 Å². The van der Waals surface area contributed by atoms with Crippen LogP contribution in [0, 0.1) is 0 Å². The maximum atomic E-state index is 13.4. The minimum atomic E-state index is -0.448. The fourth-order valence-corrected chi connectivity index (χ4v) is 4.21. The van der Waals surface area contributed by atoms with Crippen molar-refractivity contribution in [1.82, 2.24) is 9.80 Å². The Morgan fingerprint density at radius 2 is 1.91 bits per heavy atom. The van der Waals surface area contributed by atoms with Gasteiger partial charge < -0.3 is 19.1 Å². The van der Waals surface area contributed by atoms with E-state index in [1.54, 1.807) is 48.4 Å². The summed E-state index contributed by atoms with van der Waals surface area (Å²) in [6, 6.07) is 12.1. The number of carbonyl (C=O) groups is 3. The fourth-order valence-electron chi connectivity index (χ4n) is 4.21.